The van der Waals surface area contributed by atoms with E-state index in [4.69, 9.17) is 4.52 Å². The average Bonchev–Trinajstić information content (AvgIpc) is 3.27. The number of amides is 1. The number of hydrogen-bond acceptors (Lipinski definition) is 6. The fourth-order valence-corrected chi connectivity index (χ4v) is 2.67. The van der Waals surface area contributed by atoms with Gasteiger partial charge in [0.25, 0.3) is 5.91 Å². The van der Waals surface area contributed by atoms with E-state index in [1.54, 1.807) is 24.7 Å². The van der Waals surface area contributed by atoms with E-state index in [9.17, 15) is 18.0 Å². The van der Waals surface area contributed by atoms with E-state index in [1.807, 2.05) is 13.8 Å². The maximum atomic E-state index is 12.6. The van der Waals surface area contributed by atoms with Gasteiger partial charge in [0.2, 0.25) is 11.7 Å². The van der Waals surface area contributed by atoms with Crippen LogP contribution >= 0.6 is 0 Å². The summed E-state index contributed by atoms with van der Waals surface area (Å²) in [5.74, 6) is -0.575. The SMILES string of the molecule is Cc1nn(C(C)C)cc1C(=O)N[C@@H](C)c1nc(-c2cccc(OC(F)(F)F)c2)no1. The number of benzene rings is 1. The van der Waals surface area contributed by atoms with Crippen LogP contribution in [0.1, 0.15) is 54.8 Å². The van der Waals surface area contributed by atoms with Crippen molar-refractivity contribution in [1.29, 1.82) is 0 Å². The lowest BCUT2D eigenvalue weighted by Crippen LogP contribution is -2.27. The smallest absolute Gasteiger partial charge is 0.406 e. The lowest BCUT2D eigenvalue weighted by Gasteiger charge is -2.09. The minimum atomic E-state index is -4.80. The minimum Gasteiger partial charge on any atom is -0.406 e. The zero-order chi connectivity index (χ0) is 22.1. The number of carbonyl (C=O) groups is 1. The lowest BCUT2D eigenvalue weighted by molar-refractivity contribution is -0.274. The molecule has 0 bridgehead atoms. The largest absolute Gasteiger partial charge is 0.573 e. The van der Waals surface area contributed by atoms with Gasteiger partial charge in [-0.25, -0.2) is 0 Å². The normalized spacial score (nSPS) is 12.8. The van der Waals surface area contributed by atoms with Gasteiger partial charge in [-0.15, -0.1) is 13.2 Å². The molecule has 0 radical (unpaired) electrons. The summed E-state index contributed by atoms with van der Waals surface area (Å²) in [5, 5.41) is 10.8. The van der Waals surface area contributed by atoms with Gasteiger partial charge in [0.05, 0.1) is 11.3 Å². The Labute approximate surface area is 170 Å². The fraction of sp³-hybridized carbons (Fsp3) is 0.368. The number of aromatic nitrogens is 4. The lowest BCUT2D eigenvalue weighted by atomic mass is 10.2. The molecule has 2 heterocycles. The molecule has 0 fully saturated rings. The van der Waals surface area contributed by atoms with Crippen molar-refractivity contribution < 1.29 is 27.2 Å². The van der Waals surface area contributed by atoms with Crippen LogP contribution in [-0.4, -0.2) is 32.2 Å². The number of nitrogens with one attached hydrogen (secondary N) is 1. The van der Waals surface area contributed by atoms with Gasteiger partial charge in [0, 0.05) is 17.8 Å². The summed E-state index contributed by atoms with van der Waals surface area (Å²) >= 11 is 0. The summed E-state index contributed by atoms with van der Waals surface area (Å²) < 4.78 is 48.0. The van der Waals surface area contributed by atoms with Gasteiger partial charge < -0.3 is 14.6 Å². The van der Waals surface area contributed by atoms with Crippen molar-refractivity contribution in [2.24, 2.45) is 0 Å². The van der Waals surface area contributed by atoms with Crippen molar-refractivity contribution in [3.8, 4) is 17.1 Å². The Morgan fingerprint density at radius 3 is 2.63 bits per heavy atom. The number of hydrogen-bond donors (Lipinski definition) is 1. The molecule has 160 valence electrons. The van der Waals surface area contributed by atoms with Gasteiger partial charge in [-0.2, -0.15) is 10.1 Å². The third kappa shape index (κ3) is 4.97. The molecule has 30 heavy (non-hydrogen) atoms. The highest BCUT2D eigenvalue weighted by atomic mass is 19.4. The summed E-state index contributed by atoms with van der Waals surface area (Å²) in [6.45, 7) is 7.29. The molecular weight excluding hydrogens is 403 g/mol. The molecule has 0 aliphatic rings. The molecule has 8 nitrogen and oxygen atoms in total. The van der Waals surface area contributed by atoms with Gasteiger partial charge in [-0.05, 0) is 39.8 Å². The van der Waals surface area contributed by atoms with Gasteiger partial charge in [-0.1, -0.05) is 17.3 Å². The Morgan fingerprint density at radius 2 is 2.00 bits per heavy atom. The molecule has 0 aliphatic carbocycles. The highest BCUT2D eigenvalue weighted by molar-refractivity contribution is 5.95. The van der Waals surface area contributed by atoms with Crippen LogP contribution in [0, 0.1) is 6.92 Å². The van der Waals surface area contributed by atoms with Crippen molar-refractivity contribution in [3.63, 3.8) is 0 Å². The molecule has 0 saturated heterocycles. The summed E-state index contributed by atoms with van der Waals surface area (Å²) in [5.41, 5.74) is 1.28. The minimum absolute atomic E-state index is 0.0718. The number of nitrogens with zero attached hydrogens (tertiary/aromatic N) is 4. The quantitative estimate of drug-likeness (QED) is 0.638. The van der Waals surface area contributed by atoms with Gasteiger partial charge >= 0.3 is 6.36 Å². The second-order valence-electron chi connectivity index (χ2n) is 6.93. The first kappa shape index (κ1) is 21.3. The van der Waals surface area contributed by atoms with Gasteiger partial charge in [0.1, 0.15) is 11.8 Å². The molecule has 1 atom stereocenters. The zero-order valence-corrected chi connectivity index (χ0v) is 16.7. The number of halogens is 3. The van der Waals surface area contributed by atoms with Crippen LogP contribution in [0.5, 0.6) is 5.75 Å². The van der Waals surface area contributed by atoms with E-state index < -0.39 is 18.2 Å². The number of rotatable bonds is 6. The van der Waals surface area contributed by atoms with E-state index in [-0.39, 0.29) is 29.2 Å². The summed E-state index contributed by atoms with van der Waals surface area (Å²) in [6.07, 6.45) is -3.14. The molecule has 0 spiro atoms. The maximum Gasteiger partial charge on any atom is 0.573 e. The Kier molecular flexibility index (Phi) is 5.81. The average molecular weight is 423 g/mol. The summed E-state index contributed by atoms with van der Waals surface area (Å²) in [6, 6.07) is 4.70. The molecule has 1 N–H and O–H groups in total. The molecule has 11 heteroatoms. The van der Waals surface area contributed by atoms with Crippen molar-refractivity contribution >= 4 is 5.91 Å². The molecule has 0 aliphatic heterocycles. The predicted octanol–water partition coefficient (Wildman–Crippen LogP) is 4.21. The predicted molar refractivity (Wildman–Crippen MR) is 99.6 cm³/mol. The first-order valence-corrected chi connectivity index (χ1v) is 9.10. The van der Waals surface area contributed by atoms with E-state index in [1.165, 1.54) is 18.2 Å². The standard InChI is InChI=1S/C19H20F3N5O3/c1-10(2)27-9-15(11(3)25-27)17(28)23-12(4)18-24-16(26-30-18)13-6-5-7-14(8-13)29-19(20,21)22/h5-10,12H,1-4H3,(H,23,28)/t12-/m0/s1. The monoisotopic (exact) mass is 423 g/mol. The number of ether oxygens (including phenoxy) is 1. The van der Waals surface area contributed by atoms with Crippen LogP contribution in [0.4, 0.5) is 13.2 Å². The topological polar surface area (TPSA) is 95.1 Å². The first-order valence-electron chi connectivity index (χ1n) is 9.10. The molecule has 1 aromatic carbocycles. The van der Waals surface area contributed by atoms with Crippen molar-refractivity contribution in [3.05, 3.63) is 47.6 Å². The van der Waals surface area contributed by atoms with E-state index in [0.717, 1.165) is 6.07 Å². The number of alkyl halides is 3. The van der Waals surface area contributed by atoms with E-state index in [0.29, 0.717) is 11.3 Å². The van der Waals surface area contributed by atoms with Gasteiger partial charge in [0.15, 0.2) is 0 Å². The molecule has 3 rings (SSSR count). The summed E-state index contributed by atoms with van der Waals surface area (Å²) in [4.78, 5) is 16.7. The number of carbonyl (C=O) groups excluding carboxylic acids is 1. The maximum absolute atomic E-state index is 12.6. The van der Waals surface area contributed by atoms with E-state index in [2.05, 4.69) is 25.3 Å². The van der Waals surface area contributed by atoms with Crippen LogP contribution in [0.3, 0.4) is 0 Å². The Bertz CT molecular complexity index is 1040. The molecule has 1 amide bonds. The van der Waals surface area contributed by atoms with Crippen LogP contribution in [-0.2, 0) is 0 Å². The third-order valence-corrected chi connectivity index (χ3v) is 4.18. The van der Waals surface area contributed by atoms with Crippen LogP contribution in [0.15, 0.2) is 35.0 Å². The Balaban J connectivity index is 1.73. The molecule has 2 aromatic heterocycles. The fourth-order valence-electron chi connectivity index (χ4n) is 2.67. The van der Waals surface area contributed by atoms with Crippen LogP contribution in [0.25, 0.3) is 11.4 Å². The van der Waals surface area contributed by atoms with Crippen LogP contribution in [0.2, 0.25) is 0 Å². The Hall–Kier alpha value is -3.37. The summed E-state index contributed by atoms with van der Waals surface area (Å²) in [7, 11) is 0. The van der Waals surface area contributed by atoms with Gasteiger partial charge in [-0.3, -0.25) is 9.48 Å². The Morgan fingerprint density at radius 1 is 1.27 bits per heavy atom. The highest BCUT2D eigenvalue weighted by Crippen LogP contribution is 2.27. The van der Waals surface area contributed by atoms with Crippen molar-refractivity contribution in [1.82, 2.24) is 25.2 Å². The van der Waals surface area contributed by atoms with Crippen LogP contribution < -0.4 is 10.1 Å². The molecule has 3 aromatic rings. The first-order chi connectivity index (χ1) is 14.0. The van der Waals surface area contributed by atoms with Crippen molar-refractivity contribution in [2.45, 2.75) is 46.1 Å². The molecule has 0 unspecified atom stereocenters. The second-order valence-corrected chi connectivity index (χ2v) is 6.93. The molecule has 0 saturated carbocycles. The van der Waals surface area contributed by atoms with E-state index >= 15 is 0 Å². The third-order valence-electron chi connectivity index (χ3n) is 4.18. The van der Waals surface area contributed by atoms with Crippen molar-refractivity contribution in [2.75, 3.05) is 0 Å². The second kappa shape index (κ2) is 8.17. The molecular formula is C19H20F3N5O3. The highest BCUT2D eigenvalue weighted by Gasteiger charge is 2.31. The zero-order valence-electron chi connectivity index (χ0n) is 16.7. The number of aryl methyl sites for hydroxylation is 1.